The van der Waals surface area contributed by atoms with Crippen molar-refractivity contribution in [3.63, 3.8) is 0 Å². The third-order valence-electron chi connectivity index (χ3n) is 1.73. The monoisotopic (exact) mass is 349 g/mol. The summed E-state index contributed by atoms with van der Waals surface area (Å²) in [5.74, 6) is 0.521. The van der Waals surface area contributed by atoms with Crippen LogP contribution in [0.25, 0.3) is 0 Å². The molecule has 1 aromatic rings. The molecular formula is C6H4BrN3O2Sn. The van der Waals surface area contributed by atoms with Crippen LogP contribution in [0.5, 0.6) is 0 Å². The molecule has 1 aromatic heterocycles. The Labute approximate surface area is 91.2 Å². The third-order valence-corrected chi connectivity index (χ3v) is 6.14. The van der Waals surface area contributed by atoms with Gasteiger partial charge in [0.05, 0.1) is 0 Å². The van der Waals surface area contributed by atoms with Gasteiger partial charge in [0.15, 0.2) is 0 Å². The van der Waals surface area contributed by atoms with E-state index in [1.54, 1.807) is 7.05 Å². The zero-order valence-electron chi connectivity index (χ0n) is 6.59. The normalized spacial score (nSPS) is 14.2. The Balaban J connectivity index is 2.87. The van der Waals surface area contributed by atoms with Crippen LogP contribution in [0.1, 0.15) is 0 Å². The summed E-state index contributed by atoms with van der Waals surface area (Å²) in [4.78, 5) is 28.8. The van der Waals surface area contributed by atoms with Crippen molar-refractivity contribution in [1.82, 2.24) is 9.55 Å². The fourth-order valence-corrected chi connectivity index (χ4v) is 5.08. The van der Waals surface area contributed by atoms with Crippen molar-refractivity contribution < 1.29 is 0 Å². The van der Waals surface area contributed by atoms with E-state index in [9.17, 15) is 9.59 Å². The van der Waals surface area contributed by atoms with E-state index in [2.05, 4.69) is 25.9 Å². The summed E-state index contributed by atoms with van der Waals surface area (Å²) in [6.07, 6.45) is 0. The number of halogens is 1. The first kappa shape index (κ1) is 9.19. The second-order valence-electron chi connectivity index (χ2n) is 2.54. The summed E-state index contributed by atoms with van der Waals surface area (Å²) < 4.78 is 2.92. The molecule has 1 N–H and O–H groups in total. The number of aromatic nitrogens is 2. The first-order valence-corrected chi connectivity index (χ1v) is 7.09. The molecule has 0 aliphatic carbocycles. The van der Waals surface area contributed by atoms with Gasteiger partial charge in [0, 0.05) is 0 Å². The van der Waals surface area contributed by atoms with Gasteiger partial charge in [0.25, 0.3) is 0 Å². The van der Waals surface area contributed by atoms with Gasteiger partial charge in [-0.05, 0) is 0 Å². The van der Waals surface area contributed by atoms with E-state index in [-0.39, 0.29) is 5.56 Å². The number of hydrogen-bond donors (Lipinski definition) is 1. The summed E-state index contributed by atoms with van der Waals surface area (Å²) in [6.45, 7) is 0. The standard InChI is InChI=1S/C6H4BrN3O2.Sn/c1-10-4(8-3-7)2-5(11)9-6(10)12;/h1H3,(H,9,11,12);. The molecule has 0 unspecified atom stereocenters. The first-order chi connectivity index (χ1) is 6.09. The van der Waals surface area contributed by atoms with Gasteiger partial charge in [-0.3, -0.25) is 0 Å². The van der Waals surface area contributed by atoms with Crippen molar-refractivity contribution in [1.29, 1.82) is 0 Å². The maximum atomic E-state index is 11.3. The molecule has 0 spiro atoms. The van der Waals surface area contributed by atoms with Gasteiger partial charge in [0.1, 0.15) is 0 Å². The molecule has 1 aliphatic heterocycles. The molecule has 0 aromatic carbocycles. The molecule has 1 aliphatic rings. The molecule has 2 radical (unpaired) electrons. The zero-order valence-corrected chi connectivity index (χ0v) is 11.0. The molecule has 0 saturated carbocycles. The van der Waals surface area contributed by atoms with Crippen molar-refractivity contribution in [2.45, 2.75) is 0 Å². The van der Waals surface area contributed by atoms with Gasteiger partial charge >= 0.3 is 91.5 Å². The molecule has 0 amide bonds. The molecule has 7 heteroatoms. The van der Waals surface area contributed by atoms with Crippen LogP contribution in [0.2, 0.25) is 0 Å². The van der Waals surface area contributed by atoms with Gasteiger partial charge < -0.3 is 0 Å². The van der Waals surface area contributed by atoms with Crippen LogP contribution in [-0.2, 0) is 7.05 Å². The third kappa shape index (κ3) is 1.41. The van der Waals surface area contributed by atoms with Crippen LogP contribution in [0, 0.1) is 0 Å². The number of fused-ring (bicyclic) bond motifs is 1. The quantitative estimate of drug-likeness (QED) is 0.599. The number of nitrogens with zero attached hydrogens (tertiary/aromatic N) is 2. The van der Waals surface area contributed by atoms with Gasteiger partial charge in [-0.25, -0.2) is 0 Å². The van der Waals surface area contributed by atoms with Crippen molar-refractivity contribution >= 4 is 49.1 Å². The van der Waals surface area contributed by atoms with Crippen molar-refractivity contribution in [3.05, 3.63) is 20.8 Å². The van der Waals surface area contributed by atoms with Crippen LogP contribution in [0.15, 0.2) is 14.6 Å². The molecule has 0 saturated heterocycles. The summed E-state index contributed by atoms with van der Waals surface area (Å²) in [7, 11) is 1.60. The van der Waals surface area contributed by atoms with E-state index in [4.69, 9.17) is 0 Å². The van der Waals surface area contributed by atoms with E-state index in [1.807, 2.05) is 0 Å². The SMILES string of the molecule is Cn1c2[c](c(=O)[nH]c1=O)[Sn][C](Br)=N2. The Morgan fingerprint density at radius 2 is 2.23 bits per heavy atom. The second-order valence-corrected chi connectivity index (χ2v) is 8.88. The molecule has 13 heavy (non-hydrogen) atoms. The summed E-state index contributed by atoms with van der Waals surface area (Å²) >= 11 is 2.20. The minimum atomic E-state index is -1.07. The number of hydrogen-bond acceptors (Lipinski definition) is 3. The predicted octanol–water partition coefficient (Wildman–Crippen LogP) is -1.20. The van der Waals surface area contributed by atoms with Gasteiger partial charge in [0.2, 0.25) is 0 Å². The molecule has 0 fully saturated rings. The fraction of sp³-hybridized carbons (Fsp3) is 0.167. The Morgan fingerprint density at radius 3 is 2.92 bits per heavy atom. The number of aromatic amines is 1. The Hall–Kier alpha value is -0.371. The fourth-order valence-electron chi connectivity index (χ4n) is 1.08. The molecule has 2 heterocycles. The van der Waals surface area contributed by atoms with Gasteiger partial charge in [-0.15, -0.1) is 0 Å². The average Bonchev–Trinajstić information content (AvgIpc) is 2.44. The summed E-state index contributed by atoms with van der Waals surface area (Å²) in [6, 6.07) is 0. The minimum absolute atomic E-state index is 0.275. The van der Waals surface area contributed by atoms with Crippen molar-refractivity contribution in [2.24, 2.45) is 12.0 Å². The molecule has 0 atom stereocenters. The van der Waals surface area contributed by atoms with E-state index in [1.165, 1.54) is 4.57 Å². The Morgan fingerprint density at radius 1 is 1.54 bits per heavy atom. The molecule has 66 valence electrons. The first-order valence-electron chi connectivity index (χ1n) is 3.44. The van der Waals surface area contributed by atoms with E-state index in [0.717, 1.165) is 2.64 Å². The summed E-state index contributed by atoms with van der Waals surface area (Å²) in [5.41, 5.74) is -0.683. The predicted molar refractivity (Wildman–Crippen MR) is 53.7 cm³/mol. The van der Waals surface area contributed by atoms with Crippen molar-refractivity contribution in [2.75, 3.05) is 0 Å². The molecular weight excluding hydrogens is 345 g/mol. The van der Waals surface area contributed by atoms with Crippen LogP contribution in [0.4, 0.5) is 5.82 Å². The Bertz CT molecular complexity index is 516. The summed E-state index contributed by atoms with van der Waals surface area (Å²) in [5, 5.41) is 0. The van der Waals surface area contributed by atoms with Crippen LogP contribution >= 0.6 is 15.9 Å². The van der Waals surface area contributed by atoms with Crippen molar-refractivity contribution in [3.8, 4) is 0 Å². The number of aliphatic imine (C=N–C) groups is 1. The average molecular weight is 349 g/mol. The molecule has 0 bridgehead atoms. The van der Waals surface area contributed by atoms with Crippen LogP contribution in [0.3, 0.4) is 0 Å². The number of H-pyrrole nitrogens is 1. The van der Waals surface area contributed by atoms with Gasteiger partial charge in [-0.1, -0.05) is 0 Å². The van der Waals surface area contributed by atoms with E-state index >= 15 is 0 Å². The zero-order chi connectivity index (χ0) is 9.59. The maximum absolute atomic E-state index is 11.3. The van der Waals surface area contributed by atoms with E-state index in [0.29, 0.717) is 9.40 Å². The topological polar surface area (TPSA) is 67.2 Å². The Kier molecular flexibility index (Phi) is 2.18. The second kappa shape index (κ2) is 3.09. The number of nitrogens with one attached hydrogen (secondary N) is 1. The molecule has 5 nitrogen and oxygen atoms in total. The molecule has 2 rings (SSSR count). The van der Waals surface area contributed by atoms with E-state index < -0.39 is 26.8 Å². The van der Waals surface area contributed by atoms with Crippen LogP contribution < -0.4 is 14.8 Å². The van der Waals surface area contributed by atoms with Crippen LogP contribution in [-0.4, -0.2) is 33.3 Å². The van der Waals surface area contributed by atoms with Gasteiger partial charge in [-0.2, -0.15) is 0 Å². The number of rotatable bonds is 0.